The molecule has 1 fully saturated rings. The fraction of sp³-hybridized carbons (Fsp3) is 0.630. The van der Waals surface area contributed by atoms with Crippen molar-refractivity contribution in [2.45, 2.75) is 97.7 Å². The lowest BCUT2D eigenvalue weighted by Crippen LogP contribution is -2.50. The van der Waals surface area contributed by atoms with Crippen molar-refractivity contribution in [3.05, 3.63) is 35.9 Å². The molecule has 0 bridgehead atoms. The number of alkyl carbamates (subject to hydrolysis) is 1. The van der Waals surface area contributed by atoms with Crippen LogP contribution in [0.1, 0.15) is 72.3 Å². The molecular weight excluding hydrogens is 466 g/mol. The van der Waals surface area contributed by atoms with Crippen molar-refractivity contribution < 1.29 is 38.1 Å². The van der Waals surface area contributed by atoms with E-state index in [9.17, 15) is 19.2 Å². The molecule has 1 saturated heterocycles. The summed E-state index contributed by atoms with van der Waals surface area (Å²) in [5.74, 6) is -2.37. The van der Waals surface area contributed by atoms with Crippen LogP contribution in [-0.2, 0) is 39.9 Å². The van der Waals surface area contributed by atoms with Gasteiger partial charge in [-0.3, -0.25) is 9.59 Å². The van der Waals surface area contributed by atoms with E-state index in [4.69, 9.17) is 18.9 Å². The van der Waals surface area contributed by atoms with Crippen LogP contribution in [0.5, 0.6) is 0 Å². The molecule has 2 rings (SSSR count). The van der Waals surface area contributed by atoms with Crippen LogP contribution in [0.3, 0.4) is 0 Å². The van der Waals surface area contributed by atoms with Crippen LogP contribution in [0.15, 0.2) is 30.3 Å². The molecule has 9 nitrogen and oxygen atoms in total. The molecule has 36 heavy (non-hydrogen) atoms. The molecule has 1 aliphatic heterocycles. The van der Waals surface area contributed by atoms with Crippen LogP contribution in [0.4, 0.5) is 4.79 Å². The fourth-order valence-electron chi connectivity index (χ4n) is 3.88. The molecule has 1 N–H and O–H groups in total. The number of benzene rings is 1. The van der Waals surface area contributed by atoms with Crippen molar-refractivity contribution in [3.8, 4) is 0 Å². The van der Waals surface area contributed by atoms with E-state index < -0.39 is 54.3 Å². The summed E-state index contributed by atoms with van der Waals surface area (Å²) in [4.78, 5) is 51.1. The van der Waals surface area contributed by atoms with Crippen molar-refractivity contribution in [1.29, 1.82) is 0 Å². The SMILES string of the molecule is CCCC[C@H]1C(=O)O[C@H](C)[C@H](NC(=O)OCc2ccccc2)C(=O)O[C@@H](C)[C@@H]1OC(=O)CCC(C)C. The van der Waals surface area contributed by atoms with Gasteiger partial charge >= 0.3 is 24.0 Å². The van der Waals surface area contributed by atoms with Gasteiger partial charge in [-0.1, -0.05) is 63.9 Å². The molecule has 0 aliphatic carbocycles. The second-order valence-electron chi connectivity index (χ2n) is 9.60. The van der Waals surface area contributed by atoms with Gasteiger partial charge in [-0.2, -0.15) is 0 Å². The molecule has 0 saturated carbocycles. The zero-order valence-electron chi connectivity index (χ0n) is 21.9. The Balaban J connectivity index is 2.16. The lowest BCUT2D eigenvalue weighted by Gasteiger charge is -2.29. The molecule has 200 valence electrons. The minimum Gasteiger partial charge on any atom is -0.460 e. The second kappa shape index (κ2) is 14.5. The molecule has 1 aromatic carbocycles. The van der Waals surface area contributed by atoms with E-state index in [1.54, 1.807) is 19.1 Å². The predicted molar refractivity (Wildman–Crippen MR) is 132 cm³/mol. The molecule has 0 radical (unpaired) electrons. The smallest absolute Gasteiger partial charge is 0.408 e. The van der Waals surface area contributed by atoms with Gasteiger partial charge in [-0.25, -0.2) is 9.59 Å². The average Bonchev–Trinajstić information content (AvgIpc) is 2.86. The van der Waals surface area contributed by atoms with Crippen LogP contribution in [0.25, 0.3) is 0 Å². The highest BCUT2D eigenvalue weighted by molar-refractivity contribution is 5.83. The Morgan fingerprint density at radius 1 is 1.03 bits per heavy atom. The Morgan fingerprint density at radius 3 is 2.33 bits per heavy atom. The second-order valence-corrected chi connectivity index (χ2v) is 9.60. The van der Waals surface area contributed by atoms with Gasteiger partial charge in [0.15, 0.2) is 12.1 Å². The number of carbonyl (C=O) groups excluding carboxylic acids is 4. The standard InChI is InChI=1S/C27H39NO8/c1-6-7-13-21-24(36-22(29)15-14-17(2)3)19(5)35-26(31)23(18(4)34-25(21)30)28-27(32)33-16-20-11-9-8-10-12-20/h8-12,17-19,21,23-24H,6-7,13-16H2,1-5H3,(H,28,32)/t18-,19+,21-,23+,24+/m1/s1. The summed E-state index contributed by atoms with van der Waals surface area (Å²) in [7, 11) is 0. The summed E-state index contributed by atoms with van der Waals surface area (Å²) in [5, 5.41) is 2.45. The minimum atomic E-state index is -1.29. The molecule has 0 spiro atoms. The lowest BCUT2D eigenvalue weighted by molar-refractivity contribution is -0.175. The highest BCUT2D eigenvalue weighted by Crippen LogP contribution is 2.26. The largest absolute Gasteiger partial charge is 0.460 e. The van der Waals surface area contributed by atoms with Crippen LogP contribution >= 0.6 is 0 Å². The summed E-state index contributed by atoms with van der Waals surface area (Å²) >= 11 is 0. The highest BCUT2D eigenvalue weighted by Gasteiger charge is 2.43. The molecule has 0 unspecified atom stereocenters. The first-order valence-corrected chi connectivity index (χ1v) is 12.7. The Labute approximate surface area is 213 Å². The summed E-state index contributed by atoms with van der Waals surface area (Å²) in [6.45, 7) is 9.06. The van der Waals surface area contributed by atoms with E-state index in [1.807, 2.05) is 39.0 Å². The Morgan fingerprint density at radius 2 is 1.69 bits per heavy atom. The van der Waals surface area contributed by atoms with E-state index in [2.05, 4.69) is 5.32 Å². The van der Waals surface area contributed by atoms with Crippen molar-refractivity contribution in [3.63, 3.8) is 0 Å². The summed E-state index contributed by atoms with van der Waals surface area (Å²) in [6.07, 6.45) is -1.05. The first-order valence-electron chi connectivity index (χ1n) is 12.7. The van der Waals surface area contributed by atoms with Gasteiger partial charge in [-0.05, 0) is 38.2 Å². The molecule has 1 amide bonds. The third-order valence-electron chi connectivity index (χ3n) is 6.04. The predicted octanol–water partition coefficient (Wildman–Crippen LogP) is 4.31. The number of nitrogens with one attached hydrogen (secondary N) is 1. The minimum absolute atomic E-state index is 0.00646. The van der Waals surface area contributed by atoms with E-state index in [1.165, 1.54) is 6.92 Å². The van der Waals surface area contributed by atoms with Crippen LogP contribution in [-0.4, -0.2) is 48.4 Å². The Bertz CT molecular complexity index is 872. The zero-order chi connectivity index (χ0) is 26.7. The van der Waals surface area contributed by atoms with E-state index >= 15 is 0 Å². The van der Waals surface area contributed by atoms with E-state index in [-0.39, 0.29) is 13.0 Å². The van der Waals surface area contributed by atoms with Gasteiger partial charge < -0.3 is 24.3 Å². The monoisotopic (exact) mass is 505 g/mol. The van der Waals surface area contributed by atoms with E-state index in [0.29, 0.717) is 25.2 Å². The molecule has 1 aliphatic rings. The summed E-state index contributed by atoms with van der Waals surface area (Å²) in [5.41, 5.74) is 0.777. The number of rotatable bonds is 10. The number of ether oxygens (including phenoxy) is 4. The summed E-state index contributed by atoms with van der Waals surface area (Å²) in [6, 6.07) is 7.78. The quantitative estimate of drug-likeness (QED) is 0.369. The van der Waals surface area contributed by atoms with Crippen molar-refractivity contribution in [2.24, 2.45) is 11.8 Å². The molecule has 1 heterocycles. The zero-order valence-corrected chi connectivity index (χ0v) is 21.9. The topological polar surface area (TPSA) is 117 Å². The molecular formula is C27H39NO8. The first kappa shape index (κ1) is 29.1. The van der Waals surface area contributed by atoms with Crippen molar-refractivity contribution >= 4 is 24.0 Å². The average molecular weight is 506 g/mol. The van der Waals surface area contributed by atoms with Gasteiger partial charge in [0.25, 0.3) is 0 Å². The maximum absolute atomic E-state index is 13.2. The van der Waals surface area contributed by atoms with Gasteiger partial charge in [0, 0.05) is 6.42 Å². The van der Waals surface area contributed by atoms with Crippen molar-refractivity contribution in [2.75, 3.05) is 0 Å². The molecule has 9 heteroatoms. The maximum Gasteiger partial charge on any atom is 0.408 e. The number of cyclic esters (lactones) is 2. The van der Waals surface area contributed by atoms with E-state index in [0.717, 1.165) is 12.0 Å². The number of esters is 3. The number of carbonyl (C=O) groups is 4. The maximum atomic E-state index is 13.2. The lowest BCUT2D eigenvalue weighted by atomic mass is 9.92. The first-order chi connectivity index (χ1) is 17.1. The summed E-state index contributed by atoms with van der Waals surface area (Å²) < 4.78 is 22.1. The number of amides is 1. The number of hydrogen-bond donors (Lipinski definition) is 1. The third-order valence-corrected chi connectivity index (χ3v) is 6.04. The van der Waals surface area contributed by atoms with Gasteiger partial charge in [-0.15, -0.1) is 0 Å². The number of hydrogen-bond acceptors (Lipinski definition) is 8. The van der Waals surface area contributed by atoms with Crippen LogP contribution in [0.2, 0.25) is 0 Å². The Hall–Kier alpha value is -3.10. The fourth-order valence-corrected chi connectivity index (χ4v) is 3.88. The normalized spacial score (nSPS) is 24.6. The Kier molecular flexibility index (Phi) is 11.7. The van der Waals surface area contributed by atoms with Gasteiger partial charge in [0.1, 0.15) is 18.8 Å². The van der Waals surface area contributed by atoms with Crippen LogP contribution < -0.4 is 5.32 Å². The molecule has 1 aromatic rings. The third kappa shape index (κ3) is 9.17. The van der Waals surface area contributed by atoms with Crippen molar-refractivity contribution in [1.82, 2.24) is 5.32 Å². The molecule has 0 aromatic heterocycles. The highest BCUT2D eigenvalue weighted by atomic mass is 16.6. The number of unbranched alkanes of at least 4 members (excludes halogenated alkanes) is 1. The van der Waals surface area contributed by atoms with Gasteiger partial charge in [0.05, 0.1) is 5.92 Å². The van der Waals surface area contributed by atoms with Gasteiger partial charge in [0.2, 0.25) is 0 Å². The molecule has 5 atom stereocenters. The van der Waals surface area contributed by atoms with Crippen LogP contribution in [0, 0.1) is 11.8 Å².